The number of amides is 1. The average Bonchev–Trinajstić information content (AvgIpc) is 3.04. The fraction of sp³-hybridized carbons (Fsp3) is 0.562. The van der Waals surface area contributed by atoms with Crippen molar-refractivity contribution in [2.45, 2.75) is 43.4 Å². The van der Waals surface area contributed by atoms with E-state index in [1.54, 1.807) is 11.1 Å². The van der Waals surface area contributed by atoms with Crippen LogP contribution in [0.2, 0.25) is 0 Å². The number of alkyl halides is 1. The van der Waals surface area contributed by atoms with E-state index < -0.39 is 11.8 Å². The number of aromatic nitrogens is 3. The molecule has 4 heterocycles. The number of piperazine rings is 1. The number of hydrogen-bond donors (Lipinski definition) is 2. The summed E-state index contributed by atoms with van der Waals surface area (Å²) in [6.07, 6.45) is 3.65. The maximum Gasteiger partial charge on any atom is 0.407 e. The Morgan fingerprint density at radius 3 is 2.67 bits per heavy atom. The Labute approximate surface area is 137 Å². The Balaban J connectivity index is 1.51. The van der Waals surface area contributed by atoms with Crippen LogP contribution in [0.15, 0.2) is 12.3 Å². The number of nitrogens with one attached hydrogen (secondary N) is 1. The zero-order valence-electron chi connectivity index (χ0n) is 13.1. The molecule has 3 fully saturated rings. The summed E-state index contributed by atoms with van der Waals surface area (Å²) in [6, 6.07) is 1.92. The van der Waals surface area contributed by atoms with Crippen molar-refractivity contribution in [1.82, 2.24) is 19.9 Å². The first-order chi connectivity index (χ1) is 11.5. The third-order valence-electron chi connectivity index (χ3n) is 5.52. The third kappa shape index (κ3) is 1.91. The van der Waals surface area contributed by atoms with Crippen molar-refractivity contribution in [3.8, 4) is 0 Å². The summed E-state index contributed by atoms with van der Waals surface area (Å²) in [7, 11) is 0. The Hall–Kier alpha value is -2.38. The van der Waals surface area contributed by atoms with Crippen molar-refractivity contribution in [2.75, 3.05) is 18.0 Å². The highest BCUT2D eigenvalue weighted by Gasteiger charge is 2.48. The number of carbonyl (C=O) groups is 1. The van der Waals surface area contributed by atoms with Gasteiger partial charge >= 0.3 is 6.09 Å². The van der Waals surface area contributed by atoms with Crippen LogP contribution < -0.4 is 4.90 Å². The number of halogens is 1. The summed E-state index contributed by atoms with van der Waals surface area (Å²) in [6.45, 7) is 1.29. The van der Waals surface area contributed by atoms with Gasteiger partial charge in [-0.05, 0) is 31.7 Å². The lowest BCUT2D eigenvalue weighted by atomic mass is 10.1. The molecule has 1 amide bonds. The molecule has 7 nitrogen and oxygen atoms in total. The SMILES string of the molecule is O=C(O)N1C2CCC1CN(c1ccnc3[nH]c(C4(F)CC4)nc13)C2. The monoisotopic (exact) mass is 331 g/mol. The number of rotatable bonds is 2. The first-order valence-electron chi connectivity index (χ1n) is 8.35. The second kappa shape index (κ2) is 4.58. The molecule has 24 heavy (non-hydrogen) atoms. The molecule has 0 spiro atoms. The average molecular weight is 331 g/mol. The van der Waals surface area contributed by atoms with Gasteiger partial charge in [0.1, 0.15) is 11.3 Å². The number of carboxylic acid groups (broad SMARTS) is 1. The molecule has 0 aromatic carbocycles. The number of fused-ring (bicyclic) bond motifs is 3. The van der Waals surface area contributed by atoms with Crippen molar-refractivity contribution in [3.05, 3.63) is 18.1 Å². The maximum absolute atomic E-state index is 14.3. The molecule has 1 aliphatic carbocycles. The summed E-state index contributed by atoms with van der Waals surface area (Å²) >= 11 is 0. The number of pyridine rings is 1. The normalized spacial score (nSPS) is 27.7. The lowest BCUT2D eigenvalue weighted by Gasteiger charge is -2.40. The van der Waals surface area contributed by atoms with Crippen molar-refractivity contribution in [2.24, 2.45) is 0 Å². The van der Waals surface area contributed by atoms with Crippen molar-refractivity contribution >= 4 is 22.9 Å². The highest BCUT2D eigenvalue weighted by molar-refractivity contribution is 5.86. The van der Waals surface area contributed by atoms with E-state index in [1.807, 2.05) is 6.07 Å². The minimum Gasteiger partial charge on any atom is -0.465 e. The van der Waals surface area contributed by atoms with Gasteiger partial charge in [-0.15, -0.1) is 0 Å². The minimum atomic E-state index is -1.32. The topological polar surface area (TPSA) is 85.4 Å². The first kappa shape index (κ1) is 14.0. The molecule has 2 saturated heterocycles. The van der Waals surface area contributed by atoms with E-state index in [4.69, 9.17) is 0 Å². The fourth-order valence-electron chi connectivity index (χ4n) is 4.12. The van der Waals surface area contributed by atoms with Crippen LogP contribution in [0.3, 0.4) is 0 Å². The summed E-state index contributed by atoms with van der Waals surface area (Å²) in [5, 5.41) is 9.39. The summed E-state index contributed by atoms with van der Waals surface area (Å²) in [5.41, 5.74) is 0.867. The first-order valence-corrected chi connectivity index (χ1v) is 8.35. The number of anilines is 1. The molecular weight excluding hydrogens is 313 g/mol. The Morgan fingerprint density at radius 1 is 1.33 bits per heavy atom. The molecule has 126 valence electrons. The highest BCUT2D eigenvalue weighted by Crippen LogP contribution is 2.49. The molecule has 2 aromatic heterocycles. The summed E-state index contributed by atoms with van der Waals surface area (Å²) in [5.74, 6) is 0.365. The Bertz CT molecular complexity index is 819. The molecule has 2 bridgehead atoms. The number of aromatic amines is 1. The van der Waals surface area contributed by atoms with Crippen LogP contribution in [0.1, 0.15) is 31.5 Å². The molecule has 0 radical (unpaired) electrons. The zero-order valence-corrected chi connectivity index (χ0v) is 13.1. The van der Waals surface area contributed by atoms with Gasteiger partial charge in [0, 0.05) is 19.3 Å². The van der Waals surface area contributed by atoms with Gasteiger partial charge in [0.15, 0.2) is 11.3 Å². The molecule has 1 saturated carbocycles. The van der Waals surface area contributed by atoms with E-state index in [2.05, 4.69) is 19.9 Å². The molecule has 8 heteroatoms. The Morgan fingerprint density at radius 2 is 2.04 bits per heavy atom. The van der Waals surface area contributed by atoms with Gasteiger partial charge in [-0.1, -0.05) is 0 Å². The van der Waals surface area contributed by atoms with Crippen LogP contribution >= 0.6 is 0 Å². The Kier molecular flexibility index (Phi) is 2.67. The van der Waals surface area contributed by atoms with Crippen LogP contribution in [0, 0.1) is 0 Å². The number of nitrogens with zero attached hydrogens (tertiary/aromatic N) is 4. The van der Waals surface area contributed by atoms with Gasteiger partial charge < -0.3 is 15.0 Å². The van der Waals surface area contributed by atoms with Gasteiger partial charge in [-0.2, -0.15) is 0 Å². The van der Waals surface area contributed by atoms with Crippen molar-refractivity contribution < 1.29 is 14.3 Å². The van der Waals surface area contributed by atoms with Crippen LogP contribution in [0.25, 0.3) is 11.2 Å². The lowest BCUT2D eigenvalue weighted by Crippen LogP contribution is -2.55. The third-order valence-corrected chi connectivity index (χ3v) is 5.52. The highest BCUT2D eigenvalue weighted by atomic mass is 19.1. The predicted molar refractivity (Wildman–Crippen MR) is 84.8 cm³/mol. The van der Waals surface area contributed by atoms with Gasteiger partial charge in [0.05, 0.1) is 17.8 Å². The second-order valence-electron chi connectivity index (χ2n) is 7.06. The van der Waals surface area contributed by atoms with E-state index >= 15 is 0 Å². The van der Waals surface area contributed by atoms with E-state index in [0.717, 1.165) is 18.5 Å². The number of hydrogen-bond acceptors (Lipinski definition) is 4. The van der Waals surface area contributed by atoms with Crippen LogP contribution in [0.4, 0.5) is 14.9 Å². The molecule has 2 atom stereocenters. The van der Waals surface area contributed by atoms with Crippen LogP contribution in [-0.4, -0.2) is 56.2 Å². The molecule has 5 rings (SSSR count). The quantitative estimate of drug-likeness (QED) is 0.881. The second-order valence-corrected chi connectivity index (χ2v) is 7.06. The lowest BCUT2D eigenvalue weighted by molar-refractivity contribution is 0.115. The fourth-order valence-corrected chi connectivity index (χ4v) is 4.12. The van der Waals surface area contributed by atoms with Crippen molar-refractivity contribution in [1.29, 1.82) is 0 Å². The maximum atomic E-state index is 14.3. The molecular formula is C16H18FN5O2. The van der Waals surface area contributed by atoms with Crippen LogP contribution in [-0.2, 0) is 5.67 Å². The van der Waals surface area contributed by atoms with Gasteiger partial charge in [-0.3, -0.25) is 4.90 Å². The van der Waals surface area contributed by atoms with E-state index in [-0.39, 0.29) is 12.1 Å². The summed E-state index contributed by atoms with van der Waals surface area (Å²) in [4.78, 5) is 27.0. The van der Waals surface area contributed by atoms with Gasteiger partial charge in [0.2, 0.25) is 0 Å². The van der Waals surface area contributed by atoms with Crippen molar-refractivity contribution in [3.63, 3.8) is 0 Å². The smallest absolute Gasteiger partial charge is 0.407 e. The van der Waals surface area contributed by atoms with E-state index in [1.165, 1.54) is 0 Å². The summed E-state index contributed by atoms with van der Waals surface area (Å²) < 4.78 is 14.3. The van der Waals surface area contributed by atoms with Gasteiger partial charge in [0.25, 0.3) is 0 Å². The zero-order chi connectivity index (χ0) is 16.5. The number of imidazole rings is 1. The van der Waals surface area contributed by atoms with E-state index in [9.17, 15) is 14.3 Å². The van der Waals surface area contributed by atoms with Crippen LogP contribution in [0.5, 0.6) is 0 Å². The minimum absolute atomic E-state index is 0.0128. The molecule has 2 aliphatic heterocycles. The molecule has 2 N–H and O–H groups in total. The molecule has 2 unspecified atom stereocenters. The van der Waals surface area contributed by atoms with Gasteiger partial charge in [-0.25, -0.2) is 19.2 Å². The largest absolute Gasteiger partial charge is 0.465 e. The molecule has 3 aliphatic rings. The van der Waals surface area contributed by atoms with E-state index in [0.29, 0.717) is 42.9 Å². The standard InChI is InChI=1S/C16H18FN5O2/c17-16(4-5-16)14-19-12-11(3-6-18-13(12)20-14)21-7-9-1-2-10(8-21)22(9)15(23)24/h3,6,9-10H,1-2,4-5,7-8H2,(H,23,24)(H,18,19,20). The predicted octanol–water partition coefficient (Wildman–Crippen LogP) is 2.25. The molecule has 2 aromatic rings. The number of H-pyrrole nitrogens is 1.